The molecule has 1 heterocycles. The molecule has 2 rings (SSSR count). The number of hydrogen-bond acceptors (Lipinski definition) is 5. The molecule has 6 nitrogen and oxygen atoms in total. The van der Waals surface area contributed by atoms with E-state index in [9.17, 15) is 14.6 Å². The number of carbonyl (C=O) groups excluding carboxylic acids is 1. The van der Waals surface area contributed by atoms with Gasteiger partial charge in [0.2, 0.25) is 0 Å². The first-order chi connectivity index (χ1) is 9.35. The highest BCUT2D eigenvalue weighted by Crippen LogP contribution is 2.45. The molecule has 0 spiro atoms. The minimum atomic E-state index is -1.21. The summed E-state index contributed by atoms with van der Waals surface area (Å²) in [5.74, 6) is -0.244. The van der Waals surface area contributed by atoms with Crippen molar-refractivity contribution in [2.45, 2.75) is 52.2 Å². The highest BCUT2D eigenvalue weighted by Gasteiger charge is 2.45. The van der Waals surface area contributed by atoms with E-state index in [1.54, 1.807) is 6.92 Å². The lowest BCUT2D eigenvalue weighted by molar-refractivity contribution is -0.138. The minimum Gasteiger partial charge on any atom is -0.477 e. The normalized spacial score (nSPS) is 33.4. The number of fused-ring (bicyclic) bond motifs is 1. The zero-order valence-corrected chi connectivity index (χ0v) is 12.1. The highest BCUT2D eigenvalue weighted by molar-refractivity contribution is 5.86. The number of rotatable bonds is 2. The molecule has 108 valence electrons. The third-order valence-electron chi connectivity index (χ3n) is 4.54. The molecule has 6 heteroatoms. The molecule has 20 heavy (non-hydrogen) atoms. The van der Waals surface area contributed by atoms with Crippen LogP contribution in [0.5, 0.6) is 0 Å². The molecule has 3 atom stereocenters. The van der Waals surface area contributed by atoms with E-state index in [1.807, 2.05) is 20.8 Å². The molecule has 0 radical (unpaired) electrons. The van der Waals surface area contributed by atoms with Crippen LogP contribution < -0.4 is 0 Å². The molecule has 0 aromatic heterocycles. The van der Waals surface area contributed by atoms with Crippen molar-refractivity contribution in [1.29, 1.82) is 0 Å². The predicted octanol–water partition coefficient (Wildman–Crippen LogP) is 3.22. The Kier molecular flexibility index (Phi) is 3.58. The third kappa shape index (κ3) is 1.99. The Balaban J connectivity index is 2.46. The maximum absolute atomic E-state index is 11.6. The second kappa shape index (κ2) is 4.92. The molecule has 1 fully saturated rings. The summed E-state index contributed by atoms with van der Waals surface area (Å²) in [6, 6.07) is -0.387. The first kappa shape index (κ1) is 14.6. The summed E-state index contributed by atoms with van der Waals surface area (Å²) in [6.07, 6.45) is 0.954. The second-order valence-electron chi connectivity index (χ2n) is 5.74. The zero-order valence-electron chi connectivity index (χ0n) is 12.1. The molecule has 1 saturated heterocycles. The largest absolute Gasteiger partial charge is 0.477 e. The van der Waals surface area contributed by atoms with E-state index < -0.39 is 11.5 Å². The summed E-state index contributed by atoms with van der Waals surface area (Å²) >= 11 is 0. The number of amides is 1. The topological polar surface area (TPSA) is 85.2 Å². The van der Waals surface area contributed by atoms with Crippen molar-refractivity contribution in [1.82, 2.24) is 0 Å². The van der Waals surface area contributed by atoms with Crippen molar-refractivity contribution >= 4 is 5.91 Å². The molecular formula is C14H18N2O4. The first-order valence-electron chi connectivity index (χ1n) is 6.65. The van der Waals surface area contributed by atoms with Gasteiger partial charge in [-0.25, -0.2) is 0 Å². The van der Waals surface area contributed by atoms with Gasteiger partial charge in [0.05, 0.1) is 0 Å². The van der Waals surface area contributed by atoms with E-state index in [2.05, 4.69) is 10.4 Å². The van der Waals surface area contributed by atoms with Gasteiger partial charge >= 0.3 is 5.91 Å². The van der Waals surface area contributed by atoms with Crippen molar-refractivity contribution in [2.75, 3.05) is 0 Å². The van der Waals surface area contributed by atoms with Crippen LogP contribution in [-0.4, -0.2) is 17.6 Å². The Morgan fingerprint density at radius 3 is 2.50 bits per heavy atom. The van der Waals surface area contributed by atoms with E-state index in [0.717, 1.165) is 16.7 Å². The van der Waals surface area contributed by atoms with Gasteiger partial charge in [-0.15, -0.1) is 4.91 Å². The van der Waals surface area contributed by atoms with Gasteiger partial charge in [-0.3, -0.25) is 4.79 Å². The molecule has 0 aromatic rings. The number of allylic oxidation sites excluding steroid dienone is 1. The Morgan fingerprint density at radius 1 is 1.30 bits per heavy atom. The number of hydrogen-bond donors (Lipinski definition) is 0. The molecule has 0 saturated carbocycles. The lowest BCUT2D eigenvalue weighted by atomic mass is 9.77. The summed E-state index contributed by atoms with van der Waals surface area (Å²) in [7, 11) is 0. The number of carbonyl (C=O) groups is 1. The smallest absolute Gasteiger partial charge is 0.329 e. The number of nitroso groups, excluding NO2 is 2. The van der Waals surface area contributed by atoms with Gasteiger partial charge in [0.25, 0.3) is 0 Å². The van der Waals surface area contributed by atoms with E-state index in [4.69, 9.17) is 4.74 Å². The Hall–Kier alpha value is -1.85. The van der Waals surface area contributed by atoms with Crippen LogP contribution in [0.1, 0.15) is 40.5 Å². The zero-order chi connectivity index (χ0) is 15.1. The molecular weight excluding hydrogens is 260 g/mol. The molecule has 0 N–H and O–H groups in total. The van der Waals surface area contributed by atoms with E-state index in [-0.39, 0.29) is 12.0 Å². The van der Waals surface area contributed by atoms with Crippen LogP contribution in [0.3, 0.4) is 0 Å². The lowest BCUT2D eigenvalue weighted by Crippen LogP contribution is -2.42. The fourth-order valence-corrected chi connectivity index (χ4v) is 2.92. The van der Waals surface area contributed by atoms with Crippen LogP contribution in [0.2, 0.25) is 0 Å². The summed E-state index contributed by atoms with van der Waals surface area (Å²) < 4.78 is 5.81. The van der Waals surface area contributed by atoms with Crippen molar-refractivity contribution in [2.24, 2.45) is 16.3 Å². The van der Waals surface area contributed by atoms with Crippen molar-refractivity contribution in [3.63, 3.8) is 0 Å². The standard InChI is InChI=1S/C14H18N2O4/c1-7-8(2)12-10(9(3)11(7)15-18)5-6-14(4,20-12)13(17)16-19/h7,11H,5-6H2,1-4H3. The van der Waals surface area contributed by atoms with E-state index in [0.29, 0.717) is 18.6 Å². The van der Waals surface area contributed by atoms with Crippen molar-refractivity contribution < 1.29 is 9.53 Å². The van der Waals surface area contributed by atoms with Crippen molar-refractivity contribution in [3.8, 4) is 0 Å². The highest BCUT2D eigenvalue weighted by atomic mass is 16.5. The monoisotopic (exact) mass is 278 g/mol. The Bertz CT molecular complexity index is 549. The Labute approximate surface area is 117 Å². The first-order valence-corrected chi connectivity index (χ1v) is 6.65. The molecule has 1 amide bonds. The second-order valence-corrected chi connectivity index (χ2v) is 5.74. The summed E-state index contributed by atoms with van der Waals surface area (Å²) in [4.78, 5) is 33.2. The average molecular weight is 278 g/mol. The van der Waals surface area contributed by atoms with E-state index in [1.165, 1.54) is 0 Å². The fourth-order valence-electron chi connectivity index (χ4n) is 2.92. The van der Waals surface area contributed by atoms with Gasteiger partial charge < -0.3 is 4.74 Å². The molecule has 1 aliphatic carbocycles. The van der Waals surface area contributed by atoms with Gasteiger partial charge in [-0.1, -0.05) is 12.1 Å². The predicted molar refractivity (Wildman–Crippen MR) is 73.7 cm³/mol. The van der Waals surface area contributed by atoms with Gasteiger partial charge in [0, 0.05) is 17.5 Å². The third-order valence-corrected chi connectivity index (χ3v) is 4.54. The van der Waals surface area contributed by atoms with Crippen LogP contribution in [0.15, 0.2) is 32.8 Å². The van der Waals surface area contributed by atoms with Crippen LogP contribution in [0, 0.1) is 15.7 Å². The van der Waals surface area contributed by atoms with Gasteiger partial charge in [0.15, 0.2) is 5.60 Å². The lowest BCUT2D eigenvalue weighted by Gasteiger charge is -2.40. The quantitative estimate of drug-likeness (QED) is 0.726. The Morgan fingerprint density at radius 2 is 1.95 bits per heavy atom. The number of ether oxygens (including phenoxy) is 1. The van der Waals surface area contributed by atoms with Crippen LogP contribution in [0.25, 0.3) is 0 Å². The fraction of sp³-hybridized carbons (Fsp3) is 0.643. The molecule has 1 aliphatic heterocycles. The van der Waals surface area contributed by atoms with E-state index >= 15 is 0 Å². The molecule has 0 bridgehead atoms. The number of nitrogens with zero attached hydrogens (tertiary/aromatic N) is 2. The van der Waals surface area contributed by atoms with Crippen LogP contribution >= 0.6 is 0 Å². The van der Waals surface area contributed by atoms with Crippen LogP contribution in [-0.2, 0) is 9.53 Å². The summed E-state index contributed by atoms with van der Waals surface area (Å²) in [5, 5.41) is 5.70. The SMILES string of the molecule is CC1=C2OC(C)(C(=O)N=O)CCC2=C(C)C(N=O)C1C. The molecule has 0 aromatic carbocycles. The molecule has 2 aliphatic rings. The van der Waals surface area contributed by atoms with Gasteiger partial charge in [0.1, 0.15) is 11.8 Å². The average Bonchev–Trinajstić information content (AvgIpc) is 2.44. The molecule has 3 unspecified atom stereocenters. The van der Waals surface area contributed by atoms with Gasteiger partial charge in [-0.2, -0.15) is 4.91 Å². The summed E-state index contributed by atoms with van der Waals surface area (Å²) in [6.45, 7) is 7.23. The maximum Gasteiger partial charge on any atom is 0.329 e. The van der Waals surface area contributed by atoms with Gasteiger partial charge in [-0.05, 0) is 43.9 Å². The summed E-state index contributed by atoms with van der Waals surface area (Å²) in [5.41, 5.74) is 1.51. The van der Waals surface area contributed by atoms with Crippen LogP contribution in [0.4, 0.5) is 0 Å². The van der Waals surface area contributed by atoms with Crippen molar-refractivity contribution in [3.05, 3.63) is 32.3 Å². The maximum atomic E-state index is 11.6. The minimum absolute atomic E-state index is 0.0760.